The Morgan fingerprint density at radius 3 is 2.68 bits per heavy atom. The number of nitrogens with zero attached hydrogens (tertiary/aromatic N) is 5. The second kappa shape index (κ2) is 9.73. The molecule has 0 aliphatic carbocycles. The van der Waals surface area contributed by atoms with Crippen molar-refractivity contribution in [2.45, 2.75) is 31.9 Å². The van der Waals surface area contributed by atoms with Crippen LogP contribution in [0.3, 0.4) is 0 Å². The van der Waals surface area contributed by atoms with Crippen molar-refractivity contribution in [1.82, 2.24) is 19.7 Å². The summed E-state index contributed by atoms with van der Waals surface area (Å²) in [6.07, 6.45) is 5.13. The van der Waals surface area contributed by atoms with Crippen molar-refractivity contribution in [3.8, 4) is 17.3 Å². The van der Waals surface area contributed by atoms with Crippen molar-refractivity contribution in [2.75, 3.05) is 6.67 Å². The summed E-state index contributed by atoms with van der Waals surface area (Å²) < 4.78 is 28.7. The molecule has 0 saturated heterocycles. The summed E-state index contributed by atoms with van der Waals surface area (Å²) in [6.45, 7) is 1.95. The van der Waals surface area contributed by atoms with E-state index in [1.165, 1.54) is 41.7 Å². The van der Waals surface area contributed by atoms with Gasteiger partial charge in [0.1, 0.15) is 24.9 Å². The number of hydrogen-bond acceptors (Lipinski definition) is 6. The van der Waals surface area contributed by atoms with Gasteiger partial charge in [-0.15, -0.1) is 11.3 Å². The van der Waals surface area contributed by atoms with E-state index in [0.717, 1.165) is 11.6 Å². The molecule has 6 nitrogen and oxygen atoms in total. The molecule has 0 radical (unpaired) electrons. The molecule has 9 heteroatoms. The predicted octanol–water partition coefficient (Wildman–Crippen LogP) is 4.58. The highest BCUT2D eigenvalue weighted by atomic mass is 32.1. The van der Waals surface area contributed by atoms with Gasteiger partial charge in [0, 0.05) is 16.9 Å². The highest BCUT2D eigenvalue weighted by Gasteiger charge is 2.41. The molecule has 0 spiro atoms. The zero-order valence-electron chi connectivity index (χ0n) is 17.0. The molecule has 31 heavy (non-hydrogen) atoms. The van der Waals surface area contributed by atoms with Crippen LogP contribution in [0.15, 0.2) is 65.9 Å². The first-order valence-electron chi connectivity index (χ1n) is 9.47. The molecule has 3 rings (SSSR count). The first-order chi connectivity index (χ1) is 14.9. The maximum atomic E-state index is 14.0. The predicted molar refractivity (Wildman–Crippen MR) is 115 cm³/mol. The molecule has 2 atom stereocenters. The van der Waals surface area contributed by atoms with E-state index in [2.05, 4.69) is 21.1 Å². The largest absolute Gasteiger partial charge is 0.383 e. The third-order valence-corrected chi connectivity index (χ3v) is 6.03. The molecular formula is C22H21F2N5OS. The fourth-order valence-corrected chi connectivity index (χ4v) is 4.11. The van der Waals surface area contributed by atoms with Crippen molar-refractivity contribution < 1.29 is 13.9 Å². The van der Waals surface area contributed by atoms with Crippen molar-refractivity contribution in [3.63, 3.8) is 0 Å². The summed E-state index contributed by atoms with van der Waals surface area (Å²) in [5.74, 6) is -1.12. The average Bonchev–Trinajstić information content (AvgIpc) is 3.45. The van der Waals surface area contributed by atoms with E-state index in [1.54, 1.807) is 31.2 Å². The lowest BCUT2D eigenvalue weighted by molar-refractivity contribution is 0.0278. The second-order valence-corrected chi connectivity index (χ2v) is 7.97. The minimum Gasteiger partial charge on any atom is -0.383 e. The van der Waals surface area contributed by atoms with Crippen molar-refractivity contribution >= 4 is 11.3 Å². The van der Waals surface area contributed by atoms with Gasteiger partial charge in [-0.05, 0) is 30.7 Å². The smallest absolute Gasteiger partial charge is 0.137 e. The van der Waals surface area contributed by atoms with Crippen molar-refractivity contribution in [1.29, 1.82) is 5.26 Å². The summed E-state index contributed by atoms with van der Waals surface area (Å²) in [6, 6.07) is 9.07. The maximum absolute atomic E-state index is 14.0. The van der Waals surface area contributed by atoms with Crippen LogP contribution in [-0.2, 0) is 6.54 Å². The maximum Gasteiger partial charge on any atom is 0.137 e. The number of aliphatic hydroxyl groups is 1. The van der Waals surface area contributed by atoms with Gasteiger partial charge >= 0.3 is 0 Å². The number of rotatable bonds is 8. The SMILES string of the molecule is C/C(F)=C\C=C(/CF)[C@@](O)(Cn1cncn1)[C@@H](C)c1nc(-c2ccc(C#N)cc2)cs1. The lowest BCUT2D eigenvalue weighted by Gasteiger charge is -2.34. The first-order valence-corrected chi connectivity index (χ1v) is 10.4. The van der Waals surface area contributed by atoms with Crippen LogP contribution in [0, 0.1) is 11.3 Å². The number of allylic oxidation sites excluding steroid dienone is 3. The number of thiazole rings is 1. The number of alkyl halides is 1. The van der Waals surface area contributed by atoms with Gasteiger partial charge in [-0.1, -0.05) is 25.1 Å². The number of halogens is 2. The van der Waals surface area contributed by atoms with Crippen molar-refractivity contribution in [2.24, 2.45) is 0 Å². The van der Waals surface area contributed by atoms with Crippen LogP contribution in [0.1, 0.15) is 30.3 Å². The molecule has 0 unspecified atom stereocenters. The van der Waals surface area contributed by atoms with Gasteiger partial charge in [0.15, 0.2) is 0 Å². The standard InChI is InChI=1S/C22H21F2N5OS/c1-15(24)3-8-19(9-23)22(30,12-29-14-26-13-27-29)16(2)21-28-20(11-31-21)18-6-4-17(10-25)5-7-18/h3-8,11,13-14,16,30H,9,12H2,1-2H3/b15-3+,19-8+/t16-,22+/m0/s1. The number of hydrogen-bond donors (Lipinski definition) is 1. The fraction of sp³-hybridized carbons (Fsp3) is 0.273. The van der Waals surface area contributed by atoms with Gasteiger partial charge in [0.25, 0.3) is 0 Å². The van der Waals surface area contributed by atoms with Gasteiger partial charge in [0.2, 0.25) is 0 Å². The first kappa shape index (κ1) is 22.5. The second-order valence-electron chi connectivity index (χ2n) is 7.08. The van der Waals surface area contributed by atoms with E-state index in [0.29, 0.717) is 16.3 Å². The van der Waals surface area contributed by atoms with Gasteiger partial charge in [-0.3, -0.25) is 0 Å². The Balaban J connectivity index is 1.99. The van der Waals surface area contributed by atoms with Crippen LogP contribution in [0.2, 0.25) is 0 Å². The minimum absolute atomic E-state index is 0.0163. The van der Waals surface area contributed by atoms with Crippen LogP contribution in [0.4, 0.5) is 8.78 Å². The van der Waals surface area contributed by atoms with E-state index in [1.807, 2.05) is 5.38 Å². The van der Waals surface area contributed by atoms with Crippen LogP contribution >= 0.6 is 11.3 Å². The van der Waals surface area contributed by atoms with Crippen LogP contribution < -0.4 is 0 Å². The summed E-state index contributed by atoms with van der Waals surface area (Å²) in [5, 5.41) is 27.0. The third kappa shape index (κ3) is 5.10. The Morgan fingerprint density at radius 2 is 2.10 bits per heavy atom. The molecular weight excluding hydrogens is 420 g/mol. The highest BCUT2D eigenvalue weighted by molar-refractivity contribution is 7.10. The zero-order chi connectivity index (χ0) is 22.4. The number of benzene rings is 1. The Bertz CT molecular complexity index is 1110. The molecule has 0 aliphatic heterocycles. The lowest BCUT2D eigenvalue weighted by atomic mass is 9.82. The molecule has 2 aromatic heterocycles. The van der Waals surface area contributed by atoms with Crippen LogP contribution in [0.5, 0.6) is 0 Å². The van der Waals surface area contributed by atoms with E-state index in [-0.39, 0.29) is 12.1 Å². The zero-order valence-corrected chi connectivity index (χ0v) is 17.9. The molecule has 160 valence electrons. The average molecular weight is 442 g/mol. The Kier molecular flexibility index (Phi) is 7.05. The summed E-state index contributed by atoms with van der Waals surface area (Å²) in [7, 11) is 0. The fourth-order valence-electron chi connectivity index (χ4n) is 3.14. The Morgan fingerprint density at radius 1 is 1.35 bits per heavy atom. The van der Waals surface area contributed by atoms with Gasteiger partial charge in [-0.2, -0.15) is 10.4 Å². The molecule has 1 N–H and O–H groups in total. The van der Waals surface area contributed by atoms with Crippen molar-refractivity contribution in [3.05, 3.63) is 76.4 Å². The molecule has 0 fully saturated rings. The van der Waals surface area contributed by atoms with Gasteiger partial charge in [0.05, 0.1) is 34.7 Å². The molecule has 0 bridgehead atoms. The normalized spacial score (nSPS) is 15.4. The van der Waals surface area contributed by atoms with Gasteiger partial charge in [-0.25, -0.2) is 23.4 Å². The molecule has 1 aromatic carbocycles. The monoisotopic (exact) mass is 441 g/mol. The molecule has 0 saturated carbocycles. The third-order valence-electron chi connectivity index (χ3n) is 5.00. The highest BCUT2D eigenvalue weighted by Crippen LogP contribution is 2.38. The molecule has 0 amide bonds. The van der Waals surface area contributed by atoms with E-state index >= 15 is 0 Å². The Labute approximate surface area is 182 Å². The Hall–Kier alpha value is -3.22. The number of nitriles is 1. The summed E-state index contributed by atoms with van der Waals surface area (Å²) >= 11 is 1.33. The summed E-state index contributed by atoms with van der Waals surface area (Å²) in [4.78, 5) is 8.51. The summed E-state index contributed by atoms with van der Waals surface area (Å²) in [5.41, 5.74) is 0.357. The minimum atomic E-state index is -1.71. The quantitative estimate of drug-likeness (QED) is 0.517. The topological polar surface area (TPSA) is 87.6 Å². The van der Waals surface area contributed by atoms with E-state index in [9.17, 15) is 13.9 Å². The molecule has 3 aromatic rings. The van der Waals surface area contributed by atoms with Crippen LogP contribution in [-0.4, -0.2) is 37.1 Å². The molecule has 2 heterocycles. The van der Waals surface area contributed by atoms with E-state index in [4.69, 9.17) is 5.26 Å². The van der Waals surface area contributed by atoms with Crippen LogP contribution in [0.25, 0.3) is 11.3 Å². The molecule has 0 aliphatic rings. The lowest BCUT2D eigenvalue weighted by Crippen LogP contribution is -2.42. The van der Waals surface area contributed by atoms with Gasteiger partial charge < -0.3 is 5.11 Å². The number of aromatic nitrogens is 4. The van der Waals surface area contributed by atoms with E-state index < -0.39 is 24.0 Å².